The Morgan fingerprint density at radius 3 is 2.84 bits per heavy atom. The van der Waals surface area contributed by atoms with Crippen molar-refractivity contribution in [1.82, 2.24) is 25.3 Å². The van der Waals surface area contributed by atoms with Crippen LogP contribution in [0.4, 0.5) is 0 Å². The van der Waals surface area contributed by atoms with Gasteiger partial charge in [-0.15, -0.1) is 0 Å². The molecule has 1 atom stereocenters. The van der Waals surface area contributed by atoms with E-state index in [1.165, 1.54) is 17.3 Å². The van der Waals surface area contributed by atoms with Crippen molar-refractivity contribution in [2.24, 2.45) is 0 Å². The molecule has 6 heteroatoms. The second-order valence-corrected chi connectivity index (χ2v) is 6.25. The Morgan fingerprint density at radius 2 is 2.04 bits per heavy atom. The summed E-state index contributed by atoms with van der Waals surface area (Å²) in [5.74, 6) is -0.104. The number of nitrogens with one attached hydrogen (secondary N) is 1. The van der Waals surface area contributed by atoms with Gasteiger partial charge in [-0.1, -0.05) is 24.3 Å². The molecule has 2 heterocycles. The van der Waals surface area contributed by atoms with Crippen molar-refractivity contribution in [3.8, 4) is 0 Å². The van der Waals surface area contributed by atoms with Crippen molar-refractivity contribution in [3.05, 3.63) is 77.4 Å². The molecular weight excluding hydrogens is 314 g/mol. The van der Waals surface area contributed by atoms with Gasteiger partial charge in [0, 0.05) is 18.9 Å². The Bertz CT molecular complexity index is 847. The van der Waals surface area contributed by atoms with Crippen LogP contribution >= 0.6 is 0 Å². The van der Waals surface area contributed by atoms with E-state index in [2.05, 4.69) is 38.6 Å². The molecule has 3 aromatic rings. The molecule has 0 bridgehead atoms. The number of hydrogen-bond donors (Lipinski definition) is 1. The van der Waals surface area contributed by atoms with Crippen LogP contribution in [0.1, 0.15) is 46.1 Å². The summed E-state index contributed by atoms with van der Waals surface area (Å²) in [6, 6.07) is 12.3. The molecule has 4 rings (SSSR count). The Labute approximate surface area is 145 Å². The van der Waals surface area contributed by atoms with Gasteiger partial charge in [0.2, 0.25) is 0 Å². The number of hydrogen-bond acceptors (Lipinski definition) is 4. The van der Waals surface area contributed by atoms with Crippen molar-refractivity contribution in [1.29, 1.82) is 0 Å². The summed E-state index contributed by atoms with van der Waals surface area (Å²) in [4.78, 5) is 19.1. The van der Waals surface area contributed by atoms with Gasteiger partial charge < -0.3 is 4.90 Å². The molecule has 1 amide bonds. The van der Waals surface area contributed by atoms with Gasteiger partial charge in [-0.05, 0) is 48.1 Å². The van der Waals surface area contributed by atoms with Crippen LogP contribution in [0.15, 0.2) is 55.0 Å². The predicted octanol–water partition coefficient (Wildman–Crippen LogP) is 2.92. The third-order valence-corrected chi connectivity index (χ3v) is 4.71. The number of rotatable bonds is 4. The summed E-state index contributed by atoms with van der Waals surface area (Å²) in [7, 11) is 0. The van der Waals surface area contributed by atoms with Gasteiger partial charge in [0.25, 0.3) is 5.91 Å². The van der Waals surface area contributed by atoms with Gasteiger partial charge in [-0.3, -0.25) is 9.78 Å². The van der Waals surface area contributed by atoms with E-state index in [4.69, 9.17) is 0 Å². The molecule has 1 aliphatic rings. The SMILES string of the molecule is O=C(c1cn[nH]n1)N(Cc1ccncc1)C1CCCc2ccccc21. The van der Waals surface area contributed by atoms with Crippen LogP contribution in [0.3, 0.4) is 0 Å². The van der Waals surface area contributed by atoms with Crippen molar-refractivity contribution >= 4 is 5.91 Å². The minimum Gasteiger partial charge on any atom is -0.326 e. The monoisotopic (exact) mass is 333 g/mol. The maximum absolute atomic E-state index is 13.1. The smallest absolute Gasteiger partial charge is 0.276 e. The molecule has 1 aliphatic carbocycles. The lowest BCUT2D eigenvalue weighted by atomic mass is 9.86. The normalized spacial score (nSPS) is 16.2. The summed E-state index contributed by atoms with van der Waals surface area (Å²) in [5.41, 5.74) is 3.96. The van der Waals surface area contributed by atoms with Crippen molar-refractivity contribution < 1.29 is 4.79 Å². The summed E-state index contributed by atoms with van der Waals surface area (Å²) >= 11 is 0. The number of H-pyrrole nitrogens is 1. The zero-order chi connectivity index (χ0) is 17.1. The van der Waals surface area contributed by atoms with Gasteiger partial charge in [0.15, 0.2) is 5.69 Å². The van der Waals surface area contributed by atoms with Crippen LogP contribution in [-0.4, -0.2) is 31.2 Å². The van der Waals surface area contributed by atoms with Crippen LogP contribution in [0.25, 0.3) is 0 Å². The Morgan fingerprint density at radius 1 is 1.20 bits per heavy atom. The summed E-state index contributed by atoms with van der Waals surface area (Å²) in [6.45, 7) is 0.521. The fourth-order valence-corrected chi connectivity index (χ4v) is 3.51. The number of aromatic nitrogens is 4. The number of carbonyl (C=O) groups is 1. The molecule has 0 saturated heterocycles. The molecule has 0 aliphatic heterocycles. The zero-order valence-electron chi connectivity index (χ0n) is 13.8. The first-order chi connectivity index (χ1) is 12.3. The molecule has 2 aromatic heterocycles. The predicted molar refractivity (Wildman–Crippen MR) is 92.6 cm³/mol. The lowest BCUT2D eigenvalue weighted by Crippen LogP contribution is -2.36. The van der Waals surface area contributed by atoms with Gasteiger partial charge in [-0.25, -0.2) is 0 Å². The Hall–Kier alpha value is -3.02. The van der Waals surface area contributed by atoms with Gasteiger partial charge in [-0.2, -0.15) is 15.4 Å². The van der Waals surface area contributed by atoms with E-state index < -0.39 is 0 Å². The Kier molecular flexibility index (Phi) is 4.24. The van der Waals surface area contributed by atoms with Crippen LogP contribution in [0.2, 0.25) is 0 Å². The molecule has 0 saturated carbocycles. The largest absolute Gasteiger partial charge is 0.326 e. The number of benzene rings is 1. The average Bonchev–Trinajstić information content (AvgIpc) is 3.21. The first-order valence-corrected chi connectivity index (χ1v) is 8.46. The summed E-state index contributed by atoms with van der Waals surface area (Å²) < 4.78 is 0. The first kappa shape index (κ1) is 15.5. The van der Waals surface area contributed by atoms with Gasteiger partial charge >= 0.3 is 0 Å². The number of aryl methyl sites for hydroxylation is 1. The molecule has 0 spiro atoms. The van der Waals surface area contributed by atoms with Crippen LogP contribution in [0, 0.1) is 0 Å². The highest BCUT2D eigenvalue weighted by Crippen LogP contribution is 2.35. The van der Waals surface area contributed by atoms with Gasteiger partial charge in [0.1, 0.15) is 0 Å². The lowest BCUT2D eigenvalue weighted by molar-refractivity contribution is 0.0632. The number of pyridine rings is 1. The number of amides is 1. The van der Waals surface area contributed by atoms with E-state index >= 15 is 0 Å². The van der Waals surface area contributed by atoms with E-state index in [9.17, 15) is 4.79 Å². The molecule has 126 valence electrons. The van der Waals surface area contributed by atoms with E-state index in [1.54, 1.807) is 12.4 Å². The molecule has 1 N–H and O–H groups in total. The molecule has 0 radical (unpaired) electrons. The third-order valence-electron chi connectivity index (χ3n) is 4.71. The van der Waals surface area contributed by atoms with Crippen LogP contribution < -0.4 is 0 Å². The fourth-order valence-electron chi connectivity index (χ4n) is 3.51. The second-order valence-electron chi connectivity index (χ2n) is 6.25. The van der Waals surface area contributed by atoms with E-state index in [0.29, 0.717) is 12.2 Å². The summed E-state index contributed by atoms with van der Waals surface area (Å²) in [5, 5.41) is 10.3. The average molecular weight is 333 g/mol. The minimum atomic E-state index is -0.104. The maximum atomic E-state index is 13.1. The van der Waals surface area contributed by atoms with Crippen LogP contribution in [-0.2, 0) is 13.0 Å². The maximum Gasteiger partial charge on any atom is 0.276 e. The highest BCUT2D eigenvalue weighted by Gasteiger charge is 2.30. The lowest BCUT2D eigenvalue weighted by Gasteiger charge is -2.35. The van der Waals surface area contributed by atoms with Gasteiger partial charge in [0.05, 0.1) is 12.2 Å². The highest BCUT2D eigenvalue weighted by atomic mass is 16.2. The fraction of sp³-hybridized carbons (Fsp3) is 0.263. The summed E-state index contributed by atoms with van der Waals surface area (Å²) in [6.07, 6.45) is 8.07. The molecule has 25 heavy (non-hydrogen) atoms. The third kappa shape index (κ3) is 3.15. The van der Waals surface area contributed by atoms with Crippen LogP contribution in [0.5, 0.6) is 0 Å². The number of nitrogens with zero attached hydrogens (tertiary/aromatic N) is 4. The minimum absolute atomic E-state index is 0.0438. The number of fused-ring (bicyclic) bond motifs is 1. The van der Waals surface area contributed by atoms with E-state index in [1.807, 2.05) is 23.1 Å². The number of aromatic amines is 1. The van der Waals surface area contributed by atoms with Crippen molar-refractivity contribution in [2.45, 2.75) is 31.8 Å². The van der Waals surface area contributed by atoms with E-state index in [-0.39, 0.29) is 11.9 Å². The van der Waals surface area contributed by atoms with E-state index in [0.717, 1.165) is 24.8 Å². The van der Waals surface area contributed by atoms with Crippen molar-refractivity contribution in [2.75, 3.05) is 0 Å². The molecule has 6 nitrogen and oxygen atoms in total. The highest BCUT2D eigenvalue weighted by molar-refractivity contribution is 5.92. The quantitative estimate of drug-likeness (QED) is 0.796. The topological polar surface area (TPSA) is 74.8 Å². The standard InChI is InChI=1S/C19H19N5O/c25-19(17-12-21-23-22-17)24(13-14-8-10-20-11-9-14)18-7-3-5-15-4-1-2-6-16(15)18/h1-2,4,6,8-12,18H,3,5,7,13H2,(H,21,22,23). The molecule has 1 unspecified atom stereocenters. The zero-order valence-corrected chi connectivity index (χ0v) is 13.8. The second kappa shape index (κ2) is 6.84. The van der Waals surface area contributed by atoms with Crippen molar-refractivity contribution in [3.63, 3.8) is 0 Å². The molecular formula is C19H19N5O. The molecule has 1 aromatic carbocycles. The molecule has 0 fully saturated rings. The number of carbonyl (C=O) groups excluding carboxylic acids is 1. The Balaban J connectivity index is 1.72. The first-order valence-electron chi connectivity index (χ1n) is 8.46.